The van der Waals surface area contributed by atoms with Gasteiger partial charge in [0.15, 0.2) is 23.7 Å². The van der Waals surface area contributed by atoms with E-state index >= 15 is 0 Å². The molecule has 0 saturated carbocycles. The van der Waals surface area contributed by atoms with Crippen LogP contribution in [-0.2, 0) is 9.53 Å². The van der Waals surface area contributed by atoms with Gasteiger partial charge in [-0.2, -0.15) is 0 Å². The Labute approximate surface area is 156 Å². The molecule has 4 rings (SSSR count). The number of nitrogens with zero attached hydrogens (tertiary/aromatic N) is 2. The van der Waals surface area contributed by atoms with Crippen LogP contribution in [0.15, 0.2) is 47.2 Å². The first-order valence-electron chi connectivity index (χ1n) is 7.87. The lowest BCUT2D eigenvalue weighted by atomic mass is 10.2. The number of hydrogen-bond donors (Lipinski definition) is 1. The Kier molecular flexibility index (Phi) is 4.43. The van der Waals surface area contributed by atoms with Gasteiger partial charge in [-0.1, -0.05) is 11.3 Å². The quantitative estimate of drug-likeness (QED) is 0.528. The molecule has 2 heterocycles. The van der Waals surface area contributed by atoms with Crippen molar-refractivity contribution in [2.45, 2.75) is 0 Å². The molecule has 0 aliphatic heterocycles. The van der Waals surface area contributed by atoms with E-state index in [1.807, 2.05) is 6.07 Å². The van der Waals surface area contributed by atoms with Gasteiger partial charge in [-0.15, -0.1) is 0 Å². The molecule has 0 spiro atoms. The van der Waals surface area contributed by atoms with Crippen LogP contribution < -0.4 is 10.1 Å². The molecule has 0 fully saturated rings. The lowest BCUT2D eigenvalue weighted by Gasteiger charge is -2.04. The van der Waals surface area contributed by atoms with Crippen molar-refractivity contribution in [2.75, 3.05) is 19.0 Å². The number of esters is 1. The number of fused-ring (bicyclic) bond motifs is 2. The molecule has 27 heavy (non-hydrogen) atoms. The van der Waals surface area contributed by atoms with Crippen LogP contribution in [0, 0.1) is 0 Å². The Balaban J connectivity index is 1.38. The van der Waals surface area contributed by atoms with Gasteiger partial charge in [0.05, 0.1) is 22.9 Å². The standard InChI is InChI=1S/C18H13N3O5S/c1-24-11-3-5-13-15(7-11)27-18(20-13)21-16(22)8-25-17(23)10-2-4-12-14(6-10)26-9-19-12/h2-7,9H,8H2,1H3,(H,20,21,22). The van der Waals surface area contributed by atoms with Crippen molar-refractivity contribution in [1.82, 2.24) is 9.97 Å². The minimum absolute atomic E-state index is 0.277. The van der Waals surface area contributed by atoms with Gasteiger partial charge in [0.25, 0.3) is 5.91 Å². The molecule has 0 bridgehead atoms. The van der Waals surface area contributed by atoms with E-state index in [0.717, 1.165) is 10.2 Å². The van der Waals surface area contributed by atoms with Crippen LogP contribution in [0.1, 0.15) is 10.4 Å². The summed E-state index contributed by atoms with van der Waals surface area (Å²) in [4.78, 5) is 32.4. The fourth-order valence-electron chi connectivity index (χ4n) is 2.44. The first kappa shape index (κ1) is 17.0. The normalized spacial score (nSPS) is 10.9. The maximum Gasteiger partial charge on any atom is 0.338 e. The predicted molar refractivity (Wildman–Crippen MR) is 99.1 cm³/mol. The van der Waals surface area contributed by atoms with Gasteiger partial charge in [0.1, 0.15) is 11.3 Å². The number of carbonyl (C=O) groups is 2. The van der Waals surface area contributed by atoms with Gasteiger partial charge in [0.2, 0.25) is 0 Å². The monoisotopic (exact) mass is 383 g/mol. The molecule has 0 atom stereocenters. The summed E-state index contributed by atoms with van der Waals surface area (Å²) >= 11 is 1.31. The average molecular weight is 383 g/mol. The van der Waals surface area contributed by atoms with E-state index in [1.54, 1.807) is 31.4 Å². The summed E-state index contributed by atoms with van der Waals surface area (Å²) in [7, 11) is 1.58. The van der Waals surface area contributed by atoms with Crippen LogP contribution in [0.25, 0.3) is 21.3 Å². The number of aromatic nitrogens is 2. The zero-order valence-electron chi connectivity index (χ0n) is 14.1. The maximum atomic E-state index is 12.1. The van der Waals surface area contributed by atoms with Gasteiger partial charge in [-0.3, -0.25) is 10.1 Å². The average Bonchev–Trinajstić information content (AvgIpc) is 3.30. The molecule has 1 amide bonds. The van der Waals surface area contributed by atoms with E-state index in [0.29, 0.717) is 22.0 Å². The van der Waals surface area contributed by atoms with E-state index in [4.69, 9.17) is 13.9 Å². The summed E-state index contributed by atoms with van der Waals surface area (Å²) < 4.78 is 16.2. The number of methoxy groups -OCH3 is 1. The number of amides is 1. The Morgan fingerprint density at radius 2 is 2.04 bits per heavy atom. The second kappa shape index (κ2) is 7.04. The number of thiazole rings is 1. The molecule has 136 valence electrons. The smallest absolute Gasteiger partial charge is 0.338 e. The van der Waals surface area contributed by atoms with Crippen molar-refractivity contribution in [3.05, 3.63) is 48.4 Å². The predicted octanol–water partition coefficient (Wildman–Crippen LogP) is 3.24. The molecule has 0 saturated heterocycles. The molecule has 0 radical (unpaired) electrons. The van der Waals surface area contributed by atoms with Gasteiger partial charge < -0.3 is 13.9 Å². The Morgan fingerprint density at radius 1 is 1.19 bits per heavy atom. The van der Waals surface area contributed by atoms with Crippen molar-refractivity contribution in [3.63, 3.8) is 0 Å². The molecule has 2 aromatic carbocycles. The first-order chi connectivity index (χ1) is 13.1. The van der Waals surface area contributed by atoms with Crippen LogP contribution in [0.5, 0.6) is 5.75 Å². The molecule has 4 aromatic rings. The van der Waals surface area contributed by atoms with Gasteiger partial charge in [-0.05, 0) is 36.4 Å². The van der Waals surface area contributed by atoms with Crippen LogP contribution >= 0.6 is 11.3 Å². The minimum atomic E-state index is -0.627. The van der Waals surface area contributed by atoms with Crippen molar-refractivity contribution in [2.24, 2.45) is 0 Å². The van der Waals surface area contributed by atoms with Crippen molar-refractivity contribution in [3.8, 4) is 5.75 Å². The van der Waals surface area contributed by atoms with E-state index in [1.165, 1.54) is 23.8 Å². The van der Waals surface area contributed by atoms with Crippen LogP contribution in [0.3, 0.4) is 0 Å². The second-order valence-corrected chi connectivity index (χ2v) is 6.54. The zero-order valence-corrected chi connectivity index (χ0v) is 14.9. The molecule has 0 unspecified atom stereocenters. The van der Waals surface area contributed by atoms with Gasteiger partial charge in [0, 0.05) is 0 Å². The van der Waals surface area contributed by atoms with Crippen LogP contribution in [-0.4, -0.2) is 35.6 Å². The summed E-state index contributed by atoms with van der Waals surface area (Å²) in [6.07, 6.45) is 1.29. The first-order valence-corrected chi connectivity index (χ1v) is 8.69. The molecule has 1 N–H and O–H groups in total. The fraction of sp³-hybridized carbons (Fsp3) is 0.111. The summed E-state index contributed by atoms with van der Waals surface area (Å²) in [6.45, 7) is -0.424. The number of hydrogen-bond acceptors (Lipinski definition) is 8. The molecule has 0 aliphatic carbocycles. The van der Waals surface area contributed by atoms with E-state index in [9.17, 15) is 9.59 Å². The van der Waals surface area contributed by atoms with Crippen LogP contribution in [0.4, 0.5) is 5.13 Å². The Hall–Kier alpha value is -3.46. The van der Waals surface area contributed by atoms with Gasteiger partial charge in [-0.25, -0.2) is 14.8 Å². The van der Waals surface area contributed by atoms with Crippen molar-refractivity contribution in [1.29, 1.82) is 0 Å². The van der Waals surface area contributed by atoms with Gasteiger partial charge >= 0.3 is 5.97 Å². The second-order valence-electron chi connectivity index (χ2n) is 5.51. The van der Waals surface area contributed by atoms with Crippen LogP contribution in [0.2, 0.25) is 0 Å². The third kappa shape index (κ3) is 3.58. The SMILES string of the molecule is COc1ccc2nc(NC(=O)COC(=O)c3ccc4ncoc4c3)sc2c1. The number of benzene rings is 2. The minimum Gasteiger partial charge on any atom is -0.497 e. The van der Waals surface area contributed by atoms with E-state index < -0.39 is 18.5 Å². The molecular formula is C18H13N3O5S. The molecule has 0 aliphatic rings. The summed E-state index contributed by atoms with van der Waals surface area (Å²) in [5.41, 5.74) is 2.13. The fourth-order valence-corrected chi connectivity index (χ4v) is 3.35. The number of carbonyl (C=O) groups excluding carboxylic acids is 2. The van der Waals surface area contributed by atoms with Crippen molar-refractivity contribution >= 4 is 49.7 Å². The lowest BCUT2D eigenvalue weighted by Crippen LogP contribution is -2.20. The zero-order chi connectivity index (χ0) is 18.8. The topological polar surface area (TPSA) is 104 Å². The largest absolute Gasteiger partial charge is 0.497 e. The maximum absolute atomic E-state index is 12.1. The molecule has 8 nitrogen and oxygen atoms in total. The molecular weight excluding hydrogens is 370 g/mol. The Morgan fingerprint density at radius 3 is 2.89 bits per heavy atom. The highest BCUT2D eigenvalue weighted by atomic mass is 32.1. The summed E-state index contributed by atoms with van der Waals surface area (Å²) in [6, 6.07) is 10.2. The summed E-state index contributed by atoms with van der Waals surface area (Å²) in [5, 5.41) is 3.04. The van der Waals surface area contributed by atoms with E-state index in [-0.39, 0.29) is 5.56 Å². The highest BCUT2D eigenvalue weighted by Crippen LogP contribution is 2.29. The molecule has 2 aromatic heterocycles. The Bertz CT molecular complexity index is 1150. The highest BCUT2D eigenvalue weighted by molar-refractivity contribution is 7.22. The third-order valence-corrected chi connectivity index (χ3v) is 4.68. The highest BCUT2D eigenvalue weighted by Gasteiger charge is 2.14. The number of anilines is 1. The third-order valence-electron chi connectivity index (χ3n) is 3.74. The molecule has 9 heteroatoms. The van der Waals surface area contributed by atoms with E-state index in [2.05, 4.69) is 15.3 Å². The summed E-state index contributed by atoms with van der Waals surface area (Å²) in [5.74, 6) is -0.394. The number of ether oxygens (including phenoxy) is 2. The number of nitrogens with one attached hydrogen (secondary N) is 1. The number of oxazole rings is 1. The lowest BCUT2D eigenvalue weighted by molar-refractivity contribution is -0.119. The van der Waals surface area contributed by atoms with Crippen molar-refractivity contribution < 1.29 is 23.5 Å². The number of rotatable bonds is 5.